The van der Waals surface area contributed by atoms with Gasteiger partial charge in [0.2, 0.25) is 5.91 Å². The fraction of sp³-hybridized carbons (Fsp3) is 0.556. The second kappa shape index (κ2) is 5.34. The molecule has 2 amide bonds. The molecule has 5 nitrogen and oxygen atoms in total. The maximum absolute atomic E-state index is 12.4. The first kappa shape index (κ1) is 14.7. The largest absolute Gasteiger partial charge is 0.356 e. The molecule has 0 aromatic heterocycles. The zero-order valence-corrected chi connectivity index (χ0v) is 13.2. The van der Waals surface area contributed by atoms with E-state index in [1.54, 1.807) is 0 Å². The predicted octanol–water partition coefficient (Wildman–Crippen LogP) is 2.07. The third kappa shape index (κ3) is 2.53. The van der Waals surface area contributed by atoms with Gasteiger partial charge >= 0.3 is 0 Å². The molecule has 1 saturated carbocycles. The number of carbonyl (C=O) groups is 2. The van der Waals surface area contributed by atoms with Crippen molar-refractivity contribution in [1.82, 2.24) is 10.4 Å². The number of amides is 2. The molecule has 23 heavy (non-hydrogen) atoms. The van der Waals surface area contributed by atoms with Gasteiger partial charge in [-0.2, -0.15) is 0 Å². The van der Waals surface area contributed by atoms with Gasteiger partial charge in [0.25, 0.3) is 5.91 Å². The van der Waals surface area contributed by atoms with Crippen LogP contribution in [0.15, 0.2) is 18.2 Å². The molecule has 1 aromatic carbocycles. The molecule has 1 aromatic rings. The van der Waals surface area contributed by atoms with Crippen LogP contribution >= 0.6 is 0 Å². The highest BCUT2D eigenvalue weighted by Gasteiger charge is 2.41. The van der Waals surface area contributed by atoms with Crippen molar-refractivity contribution in [3.05, 3.63) is 34.9 Å². The van der Waals surface area contributed by atoms with E-state index in [4.69, 9.17) is 0 Å². The lowest BCUT2D eigenvalue weighted by molar-refractivity contribution is -0.119. The Kier molecular flexibility index (Phi) is 3.41. The smallest absolute Gasteiger partial charge is 0.277 e. The molecule has 2 aliphatic carbocycles. The summed E-state index contributed by atoms with van der Waals surface area (Å²) in [5.74, 6) is -0.176. The minimum absolute atomic E-state index is 0.0125. The standard InChI is InChI=1S/C18H22N2O3/c21-16-10-18(11-19-16)7-6-12-4-5-13(8-14(12)9-18)17(22)20(23)15-2-1-3-15/h4-5,8,15,23H,1-3,6-7,9-11H2,(H,19,21)/t18-/m1/s1. The van der Waals surface area contributed by atoms with Crippen LogP contribution in [0.5, 0.6) is 0 Å². The minimum atomic E-state index is -0.308. The summed E-state index contributed by atoms with van der Waals surface area (Å²) >= 11 is 0. The number of carbonyl (C=O) groups excluding carboxylic acids is 2. The third-order valence-corrected chi connectivity index (χ3v) is 5.77. The fourth-order valence-corrected chi connectivity index (χ4v) is 4.04. The van der Waals surface area contributed by atoms with E-state index in [1.165, 1.54) is 5.56 Å². The molecule has 1 aliphatic heterocycles. The van der Waals surface area contributed by atoms with Crippen LogP contribution in [0.1, 0.15) is 53.6 Å². The molecule has 5 heteroatoms. The molecular weight excluding hydrogens is 292 g/mol. The molecule has 2 fully saturated rings. The Morgan fingerprint density at radius 3 is 2.74 bits per heavy atom. The molecule has 2 N–H and O–H groups in total. The van der Waals surface area contributed by atoms with Gasteiger partial charge in [-0.05, 0) is 61.8 Å². The Hall–Kier alpha value is -1.88. The van der Waals surface area contributed by atoms with Crippen molar-refractivity contribution in [2.24, 2.45) is 5.41 Å². The number of nitrogens with one attached hydrogen (secondary N) is 1. The molecule has 122 valence electrons. The van der Waals surface area contributed by atoms with E-state index in [0.717, 1.165) is 55.7 Å². The van der Waals surface area contributed by atoms with E-state index in [2.05, 4.69) is 5.32 Å². The van der Waals surface area contributed by atoms with E-state index in [-0.39, 0.29) is 23.3 Å². The first-order chi connectivity index (χ1) is 11.1. The summed E-state index contributed by atoms with van der Waals surface area (Å²) in [6.45, 7) is 0.734. The molecule has 1 heterocycles. The van der Waals surface area contributed by atoms with Crippen LogP contribution in [0.2, 0.25) is 0 Å². The average molecular weight is 314 g/mol. The van der Waals surface area contributed by atoms with E-state index in [1.807, 2.05) is 18.2 Å². The normalized spacial score (nSPS) is 26.6. The number of hydroxylamine groups is 2. The van der Waals surface area contributed by atoms with Gasteiger partial charge in [0.1, 0.15) is 0 Å². The predicted molar refractivity (Wildman–Crippen MR) is 84.1 cm³/mol. The zero-order chi connectivity index (χ0) is 16.0. The SMILES string of the molecule is O=C1C[C@]2(CCc3ccc(C(=O)N(O)C4CCC4)cc3C2)CN1. The maximum Gasteiger partial charge on any atom is 0.277 e. The van der Waals surface area contributed by atoms with E-state index in [9.17, 15) is 14.8 Å². The van der Waals surface area contributed by atoms with Gasteiger partial charge in [0.15, 0.2) is 0 Å². The topological polar surface area (TPSA) is 69.6 Å². The van der Waals surface area contributed by atoms with Crippen LogP contribution in [0.4, 0.5) is 0 Å². The number of hydrogen-bond donors (Lipinski definition) is 2. The molecule has 0 radical (unpaired) electrons. The molecular formula is C18H22N2O3. The highest BCUT2D eigenvalue weighted by atomic mass is 16.5. The highest BCUT2D eigenvalue weighted by molar-refractivity contribution is 5.94. The van der Waals surface area contributed by atoms with Gasteiger partial charge in [-0.1, -0.05) is 6.07 Å². The summed E-state index contributed by atoms with van der Waals surface area (Å²) in [5, 5.41) is 13.9. The lowest BCUT2D eigenvalue weighted by atomic mass is 9.71. The van der Waals surface area contributed by atoms with Crippen molar-refractivity contribution in [2.75, 3.05) is 6.54 Å². The molecule has 3 aliphatic rings. The minimum Gasteiger partial charge on any atom is -0.356 e. The molecule has 0 unspecified atom stereocenters. The van der Waals surface area contributed by atoms with Crippen molar-refractivity contribution < 1.29 is 14.8 Å². The van der Waals surface area contributed by atoms with Crippen LogP contribution in [0.3, 0.4) is 0 Å². The summed E-state index contributed by atoms with van der Waals surface area (Å²) in [6, 6.07) is 5.72. The molecule has 1 saturated heterocycles. The van der Waals surface area contributed by atoms with Gasteiger partial charge < -0.3 is 5.32 Å². The number of rotatable bonds is 2. The number of hydrogen-bond acceptors (Lipinski definition) is 3. The second-order valence-electron chi connectivity index (χ2n) is 7.35. The first-order valence-electron chi connectivity index (χ1n) is 8.47. The van der Waals surface area contributed by atoms with Crippen LogP contribution in [-0.4, -0.2) is 34.7 Å². The Bertz CT molecular complexity index is 668. The molecule has 0 bridgehead atoms. The van der Waals surface area contributed by atoms with Crippen molar-refractivity contribution in [2.45, 2.75) is 51.0 Å². The zero-order valence-electron chi connectivity index (χ0n) is 13.2. The van der Waals surface area contributed by atoms with Crippen LogP contribution < -0.4 is 5.32 Å². The Labute approximate surface area is 135 Å². The van der Waals surface area contributed by atoms with Gasteiger partial charge in [-0.25, -0.2) is 5.06 Å². The van der Waals surface area contributed by atoms with Gasteiger partial charge in [0.05, 0.1) is 6.04 Å². The van der Waals surface area contributed by atoms with Crippen molar-refractivity contribution in [1.29, 1.82) is 0 Å². The highest BCUT2D eigenvalue weighted by Crippen LogP contribution is 2.40. The molecule has 1 spiro atoms. The van der Waals surface area contributed by atoms with Gasteiger partial charge in [0, 0.05) is 23.9 Å². The number of aryl methyl sites for hydroxylation is 1. The van der Waals surface area contributed by atoms with E-state index < -0.39 is 0 Å². The first-order valence-corrected chi connectivity index (χ1v) is 8.47. The lowest BCUT2D eigenvalue weighted by Gasteiger charge is -2.34. The molecule has 4 rings (SSSR count). The number of nitrogens with zero attached hydrogens (tertiary/aromatic N) is 1. The Morgan fingerprint density at radius 1 is 1.26 bits per heavy atom. The van der Waals surface area contributed by atoms with E-state index >= 15 is 0 Å². The second-order valence-corrected chi connectivity index (χ2v) is 7.35. The van der Waals surface area contributed by atoms with Crippen LogP contribution in [0, 0.1) is 5.41 Å². The summed E-state index contributed by atoms with van der Waals surface area (Å²) in [7, 11) is 0. The summed E-state index contributed by atoms with van der Waals surface area (Å²) < 4.78 is 0. The van der Waals surface area contributed by atoms with Gasteiger partial charge in [-0.3, -0.25) is 14.8 Å². The van der Waals surface area contributed by atoms with E-state index in [0.29, 0.717) is 12.0 Å². The average Bonchev–Trinajstić information content (AvgIpc) is 2.84. The van der Waals surface area contributed by atoms with Crippen LogP contribution in [-0.2, 0) is 17.6 Å². The summed E-state index contributed by atoms with van der Waals surface area (Å²) in [6.07, 6.45) is 6.21. The fourth-order valence-electron chi connectivity index (χ4n) is 4.04. The molecule has 1 atom stereocenters. The van der Waals surface area contributed by atoms with Crippen molar-refractivity contribution in [3.63, 3.8) is 0 Å². The van der Waals surface area contributed by atoms with Gasteiger partial charge in [-0.15, -0.1) is 0 Å². The number of fused-ring (bicyclic) bond motifs is 1. The lowest BCUT2D eigenvalue weighted by Crippen LogP contribution is -2.41. The Morgan fingerprint density at radius 2 is 2.09 bits per heavy atom. The quantitative estimate of drug-likeness (QED) is 0.648. The monoisotopic (exact) mass is 314 g/mol. The maximum atomic E-state index is 12.4. The summed E-state index contributed by atoms with van der Waals surface area (Å²) in [5.41, 5.74) is 2.98. The van der Waals surface area contributed by atoms with Crippen molar-refractivity contribution in [3.8, 4) is 0 Å². The summed E-state index contributed by atoms with van der Waals surface area (Å²) in [4.78, 5) is 24.0. The Balaban J connectivity index is 1.57. The van der Waals surface area contributed by atoms with Crippen molar-refractivity contribution >= 4 is 11.8 Å². The number of benzene rings is 1. The van der Waals surface area contributed by atoms with Crippen LogP contribution in [0.25, 0.3) is 0 Å². The third-order valence-electron chi connectivity index (χ3n) is 5.77.